The molecule has 0 aliphatic carbocycles. The lowest BCUT2D eigenvalue weighted by Crippen LogP contribution is -2.21. The van der Waals surface area contributed by atoms with E-state index < -0.39 is 33.4 Å². The molecule has 0 saturated heterocycles. The fourth-order valence-corrected chi connectivity index (χ4v) is 3.80. The summed E-state index contributed by atoms with van der Waals surface area (Å²) in [5.74, 6) is -1.30. The summed E-state index contributed by atoms with van der Waals surface area (Å²) in [5.41, 5.74) is 0.359. The van der Waals surface area contributed by atoms with Gasteiger partial charge in [-0.2, -0.15) is 5.26 Å². The number of esters is 1. The summed E-state index contributed by atoms with van der Waals surface area (Å²) in [6.07, 6.45) is 0. The Hall–Kier alpha value is -2.58. The molecular formula is C17H14ClN3O5S2. The average Bonchev–Trinajstić information content (AvgIpc) is 2.65. The van der Waals surface area contributed by atoms with Crippen LogP contribution in [-0.4, -0.2) is 32.7 Å². The van der Waals surface area contributed by atoms with Gasteiger partial charge in [-0.1, -0.05) is 23.7 Å². The molecule has 146 valence electrons. The van der Waals surface area contributed by atoms with Crippen molar-refractivity contribution in [2.75, 3.05) is 17.7 Å². The molecule has 3 N–H and O–H groups in total. The number of hydrogen-bond donors (Lipinski definition) is 2. The van der Waals surface area contributed by atoms with Gasteiger partial charge in [0, 0.05) is 4.90 Å². The lowest BCUT2D eigenvalue weighted by atomic mass is 10.2. The first-order chi connectivity index (χ1) is 13.2. The molecule has 2 aromatic carbocycles. The number of halogens is 1. The zero-order valence-corrected chi connectivity index (χ0v) is 16.6. The standard InChI is InChI=1S/C17H14ClN3O5S2/c18-12-6-5-11(9-15(12)28(20,24)25)17(23)26-10-16(22)21-13-3-1-2-4-14(13)27-8-7-19/h1-6,9H,8,10H2,(H,21,22)(H2,20,24,25). The molecule has 0 heterocycles. The van der Waals surface area contributed by atoms with Crippen molar-refractivity contribution in [3.63, 3.8) is 0 Å². The number of para-hydroxylation sites is 1. The number of nitrogens with one attached hydrogen (secondary N) is 1. The number of nitriles is 1. The average molecular weight is 440 g/mol. The van der Waals surface area contributed by atoms with E-state index >= 15 is 0 Å². The van der Waals surface area contributed by atoms with Crippen LogP contribution < -0.4 is 10.5 Å². The Morgan fingerprint density at radius 2 is 1.96 bits per heavy atom. The molecule has 8 nitrogen and oxygen atoms in total. The number of primary sulfonamides is 1. The van der Waals surface area contributed by atoms with Crippen molar-refractivity contribution in [1.82, 2.24) is 0 Å². The second-order valence-corrected chi connectivity index (χ2v) is 8.21. The Balaban J connectivity index is 2.02. The van der Waals surface area contributed by atoms with E-state index in [0.717, 1.165) is 6.07 Å². The molecule has 2 rings (SSSR count). The maximum absolute atomic E-state index is 12.1. The SMILES string of the molecule is N#CCSc1ccccc1NC(=O)COC(=O)c1ccc(Cl)c(S(N)(=O)=O)c1. The second kappa shape index (κ2) is 9.57. The summed E-state index contributed by atoms with van der Waals surface area (Å²) in [7, 11) is -4.12. The highest BCUT2D eigenvalue weighted by Gasteiger charge is 2.18. The Kier molecular flexibility index (Phi) is 7.42. The molecule has 28 heavy (non-hydrogen) atoms. The summed E-state index contributed by atoms with van der Waals surface area (Å²) in [6.45, 7) is -0.594. The summed E-state index contributed by atoms with van der Waals surface area (Å²) >= 11 is 7.01. The van der Waals surface area contributed by atoms with Gasteiger partial charge in [0.25, 0.3) is 5.91 Å². The highest BCUT2D eigenvalue weighted by Crippen LogP contribution is 2.26. The molecule has 0 aromatic heterocycles. The van der Waals surface area contributed by atoms with Crippen LogP contribution in [0, 0.1) is 11.3 Å². The molecular weight excluding hydrogens is 426 g/mol. The van der Waals surface area contributed by atoms with E-state index in [9.17, 15) is 18.0 Å². The molecule has 0 bridgehead atoms. The number of carbonyl (C=O) groups is 2. The van der Waals surface area contributed by atoms with Crippen molar-refractivity contribution in [2.24, 2.45) is 5.14 Å². The van der Waals surface area contributed by atoms with Crippen LogP contribution in [0.25, 0.3) is 0 Å². The number of anilines is 1. The maximum Gasteiger partial charge on any atom is 0.338 e. The zero-order chi connectivity index (χ0) is 20.7. The first-order valence-electron chi connectivity index (χ1n) is 7.60. The van der Waals surface area contributed by atoms with Gasteiger partial charge < -0.3 is 10.1 Å². The molecule has 1 amide bonds. The number of amides is 1. The van der Waals surface area contributed by atoms with Crippen LogP contribution in [0.4, 0.5) is 5.69 Å². The van der Waals surface area contributed by atoms with Gasteiger partial charge in [-0.15, -0.1) is 11.8 Å². The quantitative estimate of drug-likeness (QED) is 0.498. The van der Waals surface area contributed by atoms with Gasteiger partial charge >= 0.3 is 5.97 Å². The van der Waals surface area contributed by atoms with Crippen molar-refractivity contribution >= 4 is 50.9 Å². The van der Waals surface area contributed by atoms with Crippen LogP contribution in [0.5, 0.6) is 0 Å². The first-order valence-corrected chi connectivity index (χ1v) is 10.5. The minimum absolute atomic E-state index is 0.119. The van der Waals surface area contributed by atoms with E-state index in [1.165, 1.54) is 23.9 Å². The molecule has 0 saturated carbocycles. The fourth-order valence-electron chi connectivity index (χ4n) is 2.05. The van der Waals surface area contributed by atoms with Crippen LogP contribution in [0.2, 0.25) is 5.02 Å². The topological polar surface area (TPSA) is 139 Å². The molecule has 2 aromatic rings. The first kappa shape index (κ1) is 21.7. The third-order valence-electron chi connectivity index (χ3n) is 3.26. The minimum atomic E-state index is -4.12. The zero-order valence-electron chi connectivity index (χ0n) is 14.2. The number of carbonyl (C=O) groups excluding carboxylic acids is 2. The van der Waals surface area contributed by atoms with Crippen LogP contribution in [0.1, 0.15) is 10.4 Å². The highest BCUT2D eigenvalue weighted by molar-refractivity contribution is 7.99. The van der Waals surface area contributed by atoms with Crippen molar-refractivity contribution in [3.8, 4) is 6.07 Å². The van der Waals surface area contributed by atoms with Crippen molar-refractivity contribution < 1.29 is 22.7 Å². The van der Waals surface area contributed by atoms with E-state index in [4.69, 9.17) is 26.7 Å². The maximum atomic E-state index is 12.1. The Labute approximate surface area is 170 Å². The molecule has 0 aliphatic heterocycles. The summed E-state index contributed by atoms with van der Waals surface area (Å²) < 4.78 is 27.8. The summed E-state index contributed by atoms with van der Waals surface area (Å²) in [6, 6.07) is 12.3. The van der Waals surface area contributed by atoms with E-state index in [2.05, 4.69) is 5.32 Å². The predicted molar refractivity (Wildman–Crippen MR) is 105 cm³/mol. The molecule has 11 heteroatoms. The number of thioether (sulfide) groups is 1. The smallest absolute Gasteiger partial charge is 0.338 e. The van der Waals surface area contributed by atoms with Crippen molar-refractivity contribution in [1.29, 1.82) is 5.26 Å². The number of sulfonamides is 1. The van der Waals surface area contributed by atoms with Gasteiger partial charge in [0.05, 0.1) is 28.1 Å². The summed E-state index contributed by atoms with van der Waals surface area (Å²) in [5, 5.41) is 16.2. The normalized spacial score (nSPS) is 10.8. The Morgan fingerprint density at radius 3 is 2.64 bits per heavy atom. The monoisotopic (exact) mass is 439 g/mol. The Morgan fingerprint density at radius 1 is 1.25 bits per heavy atom. The molecule has 0 atom stereocenters. The van der Waals surface area contributed by atoms with Crippen LogP contribution in [0.15, 0.2) is 52.3 Å². The second-order valence-electron chi connectivity index (χ2n) is 5.26. The molecule has 0 unspecified atom stereocenters. The van der Waals surface area contributed by atoms with E-state index in [1.807, 2.05) is 6.07 Å². The predicted octanol–water partition coefficient (Wildman–Crippen LogP) is 2.40. The molecule has 0 fully saturated rings. The largest absolute Gasteiger partial charge is 0.452 e. The number of hydrogen-bond acceptors (Lipinski definition) is 7. The molecule has 0 radical (unpaired) electrons. The van der Waals surface area contributed by atoms with Crippen LogP contribution >= 0.6 is 23.4 Å². The van der Waals surface area contributed by atoms with Gasteiger partial charge in [0.15, 0.2) is 6.61 Å². The van der Waals surface area contributed by atoms with E-state index in [-0.39, 0.29) is 16.3 Å². The van der Waals surface area contributed by atoms with E-state index in [0.29, 0.717) is 10.6 Å². The third-order valence-corrected chi connectivity index (χ3v) is 5.59. The van der Waals surface area contributed by atoms with Gasteiger partial charge in [-0.3, -0.25) is 4.79 Å². The van der Waals surface area contributed by atoms with E-state index in [1.54, 1.807) is 24.3 Å². The van der Waals surface area contributed by atoms with Gasteiger partial charge in [0.2, 0.25) is 10.0 Å². The third kappa shape index (κ3) is 5.97. The molecule has 0 spiro atoms. The van der Waals surface area contributed by atoms with Crippen molar-refractivity contribution in [2.45, 2.75) is 9.79 Å². The fraction of sp³-hybridized carbons (Fsp3) is 0.118. The minimum Gasteiger partial charge on any atom is -0.452 e. The lowest BCUT2D eigenvalue weighted by Gasteiger charge is -2.10. The van der Waals surface area contributed by atoms with Crippen LogP contribution in [0.3, 0.4) is 0 Å². The van der Waals surface area contributed by atoms with Gasteiger partial charge in [0.1, 0.15) is 4.90 Å². The number of nitrogens with two attached hydrogens (primary N) is 1. The number of rotatable bonds is 7. The summed E-state index contributed by atoms with van der Waals surface area (Å²) in [4.78, 5) is 24.4. The van der Waals surface area contributed by atoms with Gasteiger partial charge in [-0.05, 0) is 30.3 Å². The number of ether oxygens (including phenoxy) is 1. The number of nitrogens with zero attached hydrogens (tertiary/aromatic N) is 1. The highest BCUT2D eigenvalue weighted by atomic mass is 35.5. The van der Waals surface area contributed by atoms with Crippen molar-refractivity contribution in [3.05, 3.63) is 53.1 Å². The Bertz CT molecular complexity index is 1050. The number of benzene rings is 2. The lowest BCUT2D eigenvalue weighted by molar-refractivity contribution is -0.119. The van der Waals surface area contributed by atoms with Crippen LogP contribution in [-0.2, 0) is 19.6 Å². The van der Waals surface area contributed by atoms with Gasteiger partial charge in [-0.25, -0.2) is 18.4 Å². The molecule has 0 aliphatic rings.